The number of rotatable bonds is 3. The molecule has 4 nitrogen and oxygen atoms in total. The number of hydrogen-bond donors (Lipinski definition) is 1. The minimum absolute atomic E-state index is 0.107. The van der Waals surface area contributed by atoms with Gasteiger partial charge in [-0.1, -0.05) is 11.6 Å². The van der Waals surface area contributed by atoms with Crippen LogP contribution in [-0.2, 0) is 0 Å². The molecule has 2 unspecified atom stereocenters. The van der Waals surface area contributed by atoms with Gasteiger partial charge in [0, 0.05) is 23.3 Å². The Labute approximate surface area is 108 Å². The molecular weight excluding hydrogens is 256 g/mol. The van der Waals surface area contributed by atoms with Crippen molar-refractivity contribution in [2.45, 2.75) is 19.0 Å². The van der Waals surface area contributed by atoms with Gasteiger partial charge < -0.3 is 10.3 Å². The van der Waals surface area contributed by atoms with Crippen LogP contribution in [0.4, 0.5) is 0 Å². The lowest BCUT2D eigenvalue weighted by atomic mass is 10.1. The SMILES string of the molecule is CC(N)C(c1ccc(Cl)s1)n1ccnc1C#N. The van der Waals surface area contributed by atoms with Gasteiger partial charge in [0.15, 0.2) is 0 Å². The van der Waals surface area contributed by atoms with Gasteiger partial charge in [0.2, 0.25) is 5.82 Å². The van der Waals surface area contributed by atoms with E-state index in [1.54, 1.807) is 17.0 Å². The van der Waals surface area contributed by atoms with E-state index >= 15 is 0 Å². The number of nitrogens with two attached hydrogens (primary N) is 1. The lowest BCUT2D eigenvalue weighted by Crippen LogP contribution is -2.30. The summed E-state index contributed by atoms with van der Waals surface area (Å²) in [5, 5.41) is 8.99. The molecule has 88 valence electrons. The zero-order chi connectivity index (χ0) is 12.4. The summed E-state index contributed by atoms with van der Waals surface area (Å²) in [5.74, 6) is 0.358. The molecular formula is C11H11ClN4S. The van der Waals surface area contributed by atoms with E-state index in [0.717, 1.165) is 4.88 Å². The molecule has 2 rings (SSSR count). The number of aromatic nitrogens is 2. The molecule has 0 aliphatic carbocycles. The predicted molar refractivity (Wildman–Crippen MR) is 68.1 cm³/mol. The van der Waals surface area contributed by atoms with Gasteiger partial charge in [0.05, 0.1) is 10.4 Å². The van der Waals surface area contributed by atoms with E-state index in [2.05, 4.69) is 11.1 Å². The Hall–Kier alpha value is -1.35. The topological polar surface area (TPSA) is 67.6 Å². The lowest BCUT2D eigenvalue weighted by molar-refractivity contribution is 0.499. The summed E-state index contributed by atoms with van der Waals surface area (Å²) in [7, 11) is 0. The van der Waals surface area contributed by atoms with Crippen LogP contribution in [0, 0.1) is 11.3 Å². The highest BCUT2D eigenvalue weighted by atomic mass is 35.5. The molecule has 2 atom stereocenters. The molecule has 2 aromatic heterocycles. The molecule has 2 aromatic rings. The van der Waals surface area contributed by atoms with Crippen LogP contribution in [0.5, 0.6) is 0 Å². The van der Waals surface area contributed by atoms with E-state index < -0.39 is 0 Å². The van der Waals surface area contributed by atoms with E-state index in [1.165, 1.54) is 11.3 Å². The number of thiophene rings is 1. The largest absolute Gasteiger partial charge is 0.326 e. The smallest absolute Gasteiger partial charge is 0.213 e. The van der Waals surface area contributed by atoms with Gasteiger partial charge in [-0.05, 0) is 19.1 Å². The van der Waals surface area contributed by atoms with Crippen molar-refractivity contribution in [1.82, 2.24) is 9.55 Å². The molecule has 0 spiro atoms. The Bertz CT molecular complexity index is 552. The van der Waals surface area contributed by atoms with Crippen LogP contribution < -0.4 is 5.73 Å². The summed E-state index contributed by atoms with van der Waals surface area (Å²) in [5.41, 5.74) is 6.00. The second kappa shape index (κ2) is 4.88. The van der Waals surface area contributed by atoms with E-state index in [9.17, 15) is 0 Å². The molecule has 0 aliphatic rings. The van der Waals surface area contributed by atoms with Crippen LogP contribution in [0.3, 0.4) is 0 Å². The van der Waals surface area contributed by atoms with E-state index in [0.29, 0.717) is 10.2 Å². The van der Waals surface area contributed by atoms with Gasteiger partial charge in [-0.15, -0.1) is 11.3 Å². The van der Waals surface area contributed by atoms with Crippen LogP contribution in [0.1, 0.15) is 23.7 Å². The van der Waals surface area contributed by atoms with Crippen molar-refractivity contribution >= 4 is 22.9 Å². The van der Waals surface area contributed by atoms with E-state index in [1.807, 2.05) is 19.1 Å². The van der Waals surface area contributed by atoms with Crippen LogP contribution in [0.2, 0.25) is 4.34 Å². The number of imidazole rings is 1. The number of nitrogens with zero attached hydrogens (tertiary/aromatic N) is 3. The standard InChI is InChI=1S/C11H11ClN4S/c1-7(14)11(8-2-3-9(12)17-8)16-5-4-15-10(16)6-13/h2-5,7,11H,14H2,1H3. The van der Waals surface area contributed by atoms with Crippen molar-refractivity contribution in [3.63, 3.8) is 0 Å². The minimum atomic E-state index is -0.133. The molecule has 0 radical (unpaired) electrons. The van der Waals surface area contributed by atoms with Crippen LogP contribution in [-0.4, -0.2) is 15.6 Å². The third kappa shape index (κ3) is 2.34. The summed E-state index contributed by atoms with van der Waals surface area (Å²) < 4.78 is 2.50. The third-order valence-corrected chi connectivity index (χ3v) is 3.75. The monoisotopic (exact) mass is 266 g/mol. The molecule has 2 N–H and O–H groups in total. The quantitative estimate of drug-likeness (QED) is 0.928. The normalized spacial score (nSPS) is 14.2. The molecule has 6 heteroatoms. The maximum atomic E-state index is 8.99. The number of nitriles is 1. The van der Waals surface area contributed by atoms with Gasteiger partial charge in [-0.2, -0.15) is 5.26 Å². The fraction of sp³-hybridized carbons (Fsp3) is 0.273. The third-order valence-electron chi connectivity index (χ3n) is 2.45. The van der Waals surface area contributed by atoms with Crippen LogP contribution >= 0.6 is 22.9 Å². The molecule has 2 heterocycles. The molecule has 0 aromatic carbocycles. The Morgan fingerprint density at radius 2 is 2.35 bits per heavy atom. The average molecular weight is 267 g/mol. The molecule has 17 heavy (non-hydrogen) atoms. The predicted octanol–water partition coefficient (Wildman–Crippen LogP) is 2.41. The first-order chi connectivity index (χ1) is 8.13. The highest BCUT2D eigenvalue weighted by molar-refractivity contribution is 7.16. The molecule has 0 saturated heterocycles. The first-order valence-corrected chi connectivity index (χ1v) is 6.26. The highest BCUT2D eigenvalue weighted by Gasteiger charge is 2.22. The van der Waals surface area contributed by atoms with E-state index in [4.69, 9.17) is 22.6 Å². The fourth-order valence-corrected chi connectivity index (χ4v) is 3.04. The maximum absolute atomic E-state index is 8.99. The zero-order valence-corrected chi connectivity index (χ0v) is 10.7. The van der Waals surface area contributed by atoms with Crippen LogP contribution in [0.15, 0.2) is 24.5 Å². The second-order valence-electron chi connectivity index (χ2n) is 3.72. The van der Waals surface area contributed by atoms with Gasteiger partial charge in [-0.3, -0.25) is 0 Å². The molecule has 0 bridgehead atoms. The second-order valence-corrected chi connectivity index (χ2v) is 5.46. The first-order valence-electron chi connectivity index (χ1n) is 5.07. The zero-order valence-electron chi connectivity index (χ0n) is 9.17. The molecule has 0 amide bonds. The van der Waals surface area contributed by atoms with Crippen molar-refractivity contribution in [3.8, 4) is 6.07 Å². The summed E-state index contributed by atoms with van der Waals surface area (Å²) in [4.78, 5) is 5.02. The van der Waals surface area contributed by atoms with E-state index in [-0.39, 0.29) is 12.1 Å². The molecule has 0 fully saturated rings. The molecule has 0 aliphatic heterocycles. The Balaban J connectivity index is 2.47. The highest BCUT2D eigenvalue weighted by Crippen LogP contribution is 2.31. The van der Waals surface area contributed by atoms with Crippen molar-refractivity contribution in [1.29, 1.82) is 5.26 Å². The number of halogens is 1. The molecule has 0 saturated carbocycles. The van der Waals surface area contributed by atoms with Crippen molar-refractivity contribution in [3.05, 3.63) is 39.6 Å². The summed E-state index contributed by atoms with van der Waals surface area (Å²) >= 11 is 7.40. The van der Waals surface area contributed by atoms with Gasteiger partial charge >= 0.3 is 0 Å². The van der Waals surface area contributed by atoms with Gasteiger partial charge in [-0.25, -0.2) is 4.98 Å². The summed E-state index contributed by atoms with van der Waals surface area (Å²) in [6.45, 7) is 1.90. The summed E-state index contributed by atoms with van der Waals surface area (Å²) in [6, 6.07) is 5.58. The first kappa shape index (κ1) is 12.1. The van der Waals surface area contributed by atoms with Crippen molar-refractivity contribution < 1.29 is 0 Å². The lowest BCUT2D eigenvalue weighted by Gasteiger charge is -2.21. The minimum Gasteiger partial charge on any atom is -0.326 e. The van der Waals surface area contributed by atoms with Crippen LogP contribution in [0.25, 0.3) is 0 Å². The fourth-order valence-electron chi connectivity index (χ4n) is 1.76. The Morgan fingerprint density at radius 3 is 2.88 bits per heavy atom. The van der Waals surface area contributed by atoms with Crippen molar-refractivity contribution in [2.24, 2.45) is 5.73 Å². The average Bonchev–Trinajstić information content (AvgIpc) is 2.88. The Morgan fingerprint density at radius 1 is 1.59 bits per heavy atom. The number of hydrogen-bond acceptors (Lipinski definition) is 4. The van der Waals surface area contributed by atoms with Crippen molar-refractivity contribution in [2.75, 3.05) is 0 Å². The summed E-state index contributed by atoms with van der Waals surface area (Å²) in [6.07, 6.45) is 3.36. The van der Waals surface area contributed by atoms with Gasteiger partial charge in [0.25, 0.3) is 0 Å². The maximum Gasteiger partial charge on any atom is 0.213 e. The van der Waals surface area contributed by atoms with Gasteiger partial charge in [0.1, 0.15) is 6.07 Å². The Kier molecular flexibility index (Phi) is 3.48.